The number of hydrogen-bond acceptors (Lipinski definition) is 7. The molecule has 23 heavy (non-hydrogen) atoms. The molecule has 0 amide bonds. The van der Waals surface area contributed by atoms with Gasteiger partial charge in [-0.1, -0.05) is 12.8 Å². The predicted octanol–water partition coefficient (Wildman–Crippen LogP) is 1.23. The monoisotopic (exact) mass is 364 g/mol. The highest BCUT2D eigenvalue weighted by atomic mass is 28.5. The topological polar surface area (TPSA) is 98.2 Å². The summed E-state index contributed by atoms with van der Waals surface area (Å²) in [5, 5.41) is 0. The van der Waals surface area contributed by atoms with Crippen LogP contribution < -0.4 is 11.5 Å². The largest absolute Gasteiger partial charge is 0.493 e. The molecule has 7 nitrogen and oxygen atoms in total. The Labute approximate surface area is 141 Å². The van der Waals surface area contributed by atoms with E-state index in [0.29, 0.717) is 25.2 Å². The summed E-state index contributed by atoms with van der Waals surface area (Å²) in [5.41, 5.74) is 11.4. The van der Waals surface area contributed by atoms with Gasteiger partial charge in [0.1, 0.15) is 0 Å². The van der Waals surface area contributed by atoms with Gasteiger partial charge in [-0.15, -0.1) is 0 Å². The molecule has 4 unspecified atom stereocenters. The number of nitrogens with two attached hydrogens (primary N) is 2. The molecule has 2 fully saturated rings. The molecule has 1 saturated carbocycles. The maximum Gasteiger partial charge on any atom is 0.493 e. The van der Waals surface area contributed by atoms with Gasteiger partial charge in [-0.3, -0.25) is 0 Å². The maximum atomic E-state index is 6.46. The van der Waals surface area contributed by atoms with Gasteiger partial charge >= 0.3 is 17.6 Å². The van der Waals surface area contributed by atoms with E-state index < -0.39 is 17.6 Å². The van der Waals surface area contributed by atoms with Crippen LogP contribution in [0.2, 0.25) is 12.1 Å². The van der Waals surface area contributed by atoms with E-state index in [9.17, 15) is 0 Å². The second-order valence-corrected chi connectivity index (χ2v) is 12.1. The molecule has 1 aliphatic heterocycles. The van der Waals surface area contributed by atoms with Crippen LogP contribution in [0.4, 0.5) is 0 Å². The SMILES string of the molecule is CO[Si]1(CCCN)OC2CCCCC2O[Si](CCCN)(OC)O1. The second kappa shape index (κ2) is 9.02. The molecule has 0 aromatic heterocycles. The summed E-state index contributed by atoms with van der Waals surface area (Å²) in [7, 11) is -2.36. The molecule has 136 valence electrons. The van der Waals surface area contributed by atoms with E-state index in [2.05, 4.69) is 0 Å². The summed E-state index contributed by atoms with van der Waals surface area (Å²) in [4.78, 5) is 0. The van der Waals surface area contributed by atoms with E-state index in [0.717, 1.165) is 38.5 Å². The summed E-state index contributed by atoms with van der Waals surface area (Å²) in [6.45, 7) is 1.17. The van der Waals surface area contributed by atoms with Crippen LogP contribution in [0, 0.1) is 0 Å². The lowest BCUT2D eigenvalue weighted by Crippen LogP contribution is -2.56. The van der Waals surface area contributed by atoms with Crippen LogP contribution in [0.25, 0.3) is 0 Å². The van der Waals surface area contributed by atoms with E-state index in [-0.39, 0.29) is 12.2 Å². The number of rotatable bonds is 8. The fourth-order valence-electron chi connectivity index (χ4n) is 3.32. The van der Waals surface area contributed by atoms with Crippen LogP contribution in [0.15, 0.2) is 0 Å². The third kappa shape index (κ3) is 4.83. The molecule has 2 rings (SSSR count). The van der Waals surface area contributed by atoms with Crippen molar-refractivity contribution in [1.29, 1.82) is 0 Å². The molecule has 1 saturated heterocycles. The van der Waals surface area contributed by atoms with Crippen molar-refractivity contribution >= 4 is 17.6 Å². The van der Waals surface area contributed by atoms with Crippen molar-refractivity contribution < 1.29 is 21.8 Å². The average molecular weight is 365 g/mol. The summed E-state index contributed by atoms with van der Waals surface area (Å²) in [6.07, 6.45) is 5.97. The lowest BCUT2D eigenvalue weighted by Gasteiger charge is -2.34. The Balaban J connectivity index is 2.26. The Morgan fingerprint density at radius 1 is 0.870 bits per heavy atom. The Bertz CT molecular complexity index is 336. The first-order chi connectivity index (χ1) is 11.1. The van der Waals surface area contributed by atoms with Crippen molar-refractivity contribution in [2.75, 3.05) is 27.3 Å². The summed E-state index contributed by atoms with van der Waals surface area (Å²) < 4.78 is 31.0. The Morgan fingerprint density at radius 3 is 1.65 bits per heavy atom. The van der Waals surface area contributed by atoms with Gasteiger partial charge in [-0.25, -0.2) is 0 Å². The van der Waals surface area contributed by atoms with Gasteiger partial charge in [0.15, 0.2) is 0 Å². The van der Waals surface area contributed by atoms with Crippen molar-refractivity contribution in [1.82, 2.24) is 0 Å². The average Bonchev–Trinajstić information content (AvgIpc) is 2.73. The minimum Gasteiger partial charge on any atom is -0.377 e. The van der Waals surface area contributed by atoms with E-state index in [1.165, 1.54) is 0 Å². The van der Waals surface area contributed by atoms with Gasteiger partial charge in [0.2, 0.25) is 0 Å². The molecule has 1 aliphatic carbocycles. The quantitative estimate of drug-likeness (QED) is 0.625. The smallest absolute Gasteiger partial charge is 0.377 e. The standard InChI is InChI=1S/C14H32N2O5Si2/c1-17-22(11-5-9-15)19-13-7-3-4-8-14(13)20-23(18-2,21-22)12-6-10-16/h13-14H,3-12,15-16H2,1-2H3. The molecule has 4 atom stereocenters. The van der Waals surface area contributed by atoms with E-state index in [1.54, 1.807) is 14.2 Å². The molecule has 1 heterocycles. The van der Waals surface area contributed by atoms with Crippen LogP contribution in [0.3, 0.4) is 0 Å². The van der Waals surface area contributed by atoms with Crippen molar-refractivity contribution in [2.24, 2.45) is 11.5 Å². The molecule has 4 N–H and O–H groups in total. The molecule has 0 spiro atoms. The van der Waals surface area contributed by atoms with Gasteiger partial charge in [0, 0.05) is 26.3 Å². The summed E-state index contributed by atoms with van der Waals surface area (Å²) in [5.74, 6) is 0. The van der Waals surface area contributed by atoms with Gasteiger partial charge in [0.25, 0.3) is 0 Å². The zero-order chi connectivity index (χ0) is 16.8. The molecule has 9 heteroatoms. The zero-order valence-corrected chi connectivity index (χ0v) is 16.4. The first kappa shape index (κ1) is 19.5. The fraction of sp³-hybridized carbons (Fsp3) is 1.00. The minimum atomic E-state index is -2.85. The highest BCUT2D eigenvalue weighted by Crippen LogP contribution is 2.38. The van der Waals surface area contributed by atoms with E-state index in [4.69, 9.17) is 33.3 Å². The highest BCUT2D eigenvalue weighted by molar-refractivity contribution is 6.75. The fourth-order valence-corrected chi connectivity index (χ4v) is 10.7. The lowest BCUT2D eigenvalue weighted by molar-refractivity contribution is -0.00485. The van der Waals surface area contributed by atoms with Gasteiger partial charge in [-0.05, 0) is 38.8 Å². The van der Waals surface area contributed by atoms with Gasteiger partial charge in [-0.2, -0.15) is 0 Å². The van der Waals surface area contributed by atoms with Crippen molar-refractivity contribution in [2.45, 2.75) is 62.8 Å². The predicted molar refractivity (Wildman–Crippen MR) is 91.8 cm³/mol. The van der Waals surface area contributed by atoms with Crippen LogP contribution >= 0.6 is 0 Å². The summed E-state index contributed by atoms with van der Waals surface area (Å²) >= 11 is 0. The number of hydrogen-bond donors (Lipinski definition) is 2. The molecular weight excluding hydrogens is 332 g/mol. The van der Waals surface area contributed by atoms with Crippen LogP contribution in [-0.2, 0) is 21.8 Å². The Kier molecular flexibility index (Phi) is 7.64. The third-order valence-corrected chi connectivity index (χ3v) is 11.6. The molecule has 2 aliphatic rings. The van der Waals surface area contributed by atoms with Crippen LogP contribution in [-0.4, -0.2) is 57.1 Å². The highest BCUT2D eigenvalue weighted by Gasteiger charge is 2.58. The van der Waals surface area contributed by atoms with Gasteiger partial charge in [0.05, 0.1) is 12.2 Å². The zero-order valence-electron chi connectivity index (χ0n) is 14.4. The van der Waals surface area contributed by atoms with E-state index >= 15 is 0 Å². The first-order valence-electron chi connectivity index (χ1n) is 8.69. The van der Waals surface area contributed by atoms with Crippen molar-refractivity contribution in [3.8, 4) is 0 Å². The van der Waals surface area contributed by atoms with Crippen LogP contribution in [0.5, 0.6) is 0 Å². The lowest BCUT2D eigenvalue weighted by atomic mass is 9.95. The van der Waals surface area contributed by atoms with Crippen LogP contribution in [0.1, 0.15) is 38.5 Å². The third-order valence-electron chi connectivity index (χ3n) is 4.61. The molecular formula is C14H32N2O5Si2. The number of fused-ring (bicyclic) bond motifs is 1. The van der Waals surface area contributed by atoms with Crippen molar-refractivity contribution in [3.63, 3.8) is 0 Å². The van der Waals surface area contributed by atoms with E-state index in [1.807, 2.05) is 0 Å². The molecule has 0 aromatic rings. The Hall–Kier alpha value is 0.154. The molecule has 0 bridgehead atoms. The first-order valence-corrected chi connectivity index (χ1v) is 12.5. The molecule has 0 aromatic carbocycles. The van der Waals surface area contributed by atoms with Gasteiger partial charge < -0.3 is 33.3 Å². The summed E-state index contributed by atoms with van der Waals surface area (Å²) in [6, 6.07) is 1.40. The maximum absolute atomic E-state index is 6.46. The molecule has 0 radical (unpaired) electrons. The second-order valence-electron chi connectivity index (χ2n) is 6.26. The normalized spacial score (nSPS) is 38.1. The van der Waals surface area contributed by atoms with Crippen molar-refractivity contribution in [3.05, 3.63) is 0 Å². The Morgan fingerprint density at radius 2 is 1.30 bits per heavy atom. The minimum absolute atomic E-state index is 0.0375.